The van der Waals surface area contributed by atoms with E-state index in [1.807, 2.05) is 6.07 Å². The first kappa shape index (κ1) is 16.9. The molecule has 1 aliphatic carbocycles. The van der Waals surface area contributed by atoms with Crippen LogP contribution >= 0.6 is 0 Å². The molecule has 3 aromatic rings. The number of hydrogen-bond donors (Lipinski definition) is 1. The van der Waals surface area contributed by atoms with E-state index in [1.165, 1.54) is 16.8 Å². The third kappa shape index (κ3) is 2.64. The molecule has 1 aliphatic heterocycles. The summed E-state index contributed by atoms with van der Waals surface area (Å²) in [7, 11) is 0. The number of ketones is 1. The molecule has 0 spiro atoms. The molecule has 1 aromatic carbocycles. The van der Waals surface area contributed by atoms with Crippen LogP contribution in [0.5, 0.6) is 0 Å². The molecule has 0 saturated carbocycles. The van der Waals surface area contributed by atoms with E-state index in [9.17, 15) is 13.6 Å². The summed E-state index contributed by atoms with van der Waals surface area (Å²) in [6.07, 6.45) is 2.37. The maximum absolute atomic E-state index is 13.9. The van der Waals surface area contributed by atoms with E-state index in [2.05, 4.69) is 15.4 Å². The number of carbonyl (C=O) groups excluding carboxylic acids is 1. The van der Waals surface area contributed by atoms with Crippen LogP contribution < -0.4 is 5.32 Å². The molecule has 5 rings (SSSR count). The number of rotatable bonds is 2. The SMILES string of the molecule is Cc1nc2n(n1)[C@H](c1cc(F)cc(F)c1)C1=C(C[C@H](c3ccco3)CC1=O)N2. The largest absolute Gasteiger partial charge is 0.469 e. The lowest BCUT2D eigenvalue weighted by Gasteiger charge is -2.34. The van der Waals surface area contributed by atoms with Gasteiger partial charge in [-0.1, -0.05) is 0 Å². The predicted octanol–water partition coefficient (Wildman–Crippen LogP) is 3.87. The summed E-state index contributed by atoms with van der Waals surface area (Å²) in [5.74, 6) is 0.0609. The Kier molecular flexibility index (Phi) is 3.68. The molecule has 142 valence electrons. The fourth-order valence-electron chi connectivity index (χ4n) is 4.08. The van der Waals surface area contributed by atoms with Crippen molar-refractivity contribution in [1.29, 1.82) is 0 Å². The number of Topliss-reactive ketones (excluding diaryl/α,β-unsaturated/α-hetero) is 1. The first-order chi connectivity index (χ1) is 13.5. The molecular formula is C20H16F2N4O2. The average Bonchev–Trinajstić information content (AvgIpc) is 3.27. The van der Waals surface area contributed by atoms with E-state index in [0.717, 1.165) is 11.8 Å². The highest BCUT2D eigenvalue weighted by Crippen LogP contribution is 2.44. The van der Waals surface area contributed by atoms with E-state index in [4.69, 9.17) is 4.42 Å². The van der Waals surface area contributed by atoms with Gasteiger partial charge in [-0.2, -0.15) is 10.1 Å². The minimum absolute atomic E-state index is 0.103. The lowest BCUT2D eigenvalue weighted by molar-refractivity contribution is -0.117. The molecule has 0 saturated heterocycles. The fraction of sp³-hybridized carbons (Fsp3) is 0.250. The number of benzene rings is 1. The monoisotopic (exact) mass is 382 g/mol. The Hall–Kier alpha value is -3.29. The molecule has 28 heavy (non-hydrogen) atoms. The molecule has 3 heterocycles. The number of aryl methyl sites for hydroxylation is 1. The Bertz CT molecular complexity index is 1100. The lowest BCUT2D eigenvalue weighted by Crippen LogP contribution is -2.33. The number of furan rings is 1. The van der Waals surface area contributed by atoms with Crippen LogP contribution in [0.3, 0.4) is 0 Å². The number of fused-ring (bicyclic) bond motifs is 1. The summed E-state index contributed by atoms with van der Waals surface area (Å²) >= 11 is 0. The van der Waals surface area contributed by atoms with Crippen molar-refractivity contribution in [2.24, 2.45) is 0 Å². The van der Waals surface area contributed by atoms with E-state index < -0.39 is 17.7 Å². The Morgan fingerprint density at radius 2 is 2.00 bits per heavy atom. The van der Waals surface area contributed by atoms with Gasteiger partial charge < -0.3 is 9.73 Å². The van der Waals surface area contributed by atoms with Gasteiger partial charge in [0, 0.05) is 29.7 Å². The van der Waals surface area contributed by atoms with Crippen molar-refractivity contribution in [3.63, 3.8) is 0 Å². The fourth-order valence-corrected chi connectivity index (χ4v) is 4.08. The van der Waals surface area contributed by atoms with Gasteiger partial charge >= 0.3 is 0 Å². The Morgan fingerprint density at radius 3 is 2.71 bits per heavy atom. The number of nitrogens with one attached hydrogen (secondary N) is 1. The highest BCUT2D eigenvalue weighted by Gasteiger charge is 2.40. The molecule has 2 aliphatic rings. The molecule has 8 heteroatoms. The minimum atomic E-state index is -0.734. The molecule has 0 unspecified atom stereocenters. The average molecular weight is 382 g/mol. The molecule has 0 radical (unpaired) electrons. The zero-order chi connectivity index (χ0) is 19.4. The third-order valence-corrected chi connectivity index (χ3v) is 5.17. The van der Waals surface area contributed by atoms with Gasteiger partial charge in [0.2, 0.25) is 5.95 Å². The third-order valence-electron chi connectivity index (χ3n) is 5.17. The standard InChI is InChI=1S/C20H16F2N4O2/c1-10-23-20-24-15-7-11(17-3-2-4-28-17)8-16(27)18(15)19(26(20)25-10)12-5-13(21)9-14(22)6-12/h2-6,9,11,19H,7-8H2,1H3,(H,23,24,25)/t11-,19+/m0/s1. The van der Waals surface area contributed by atoms with Crippen molar-refractivity contribution >= 4 is 11.7 Å². The molecule has 6 nitrogen and oxygen atoms in total. The topological polar surface area (TPSA) is 73.0 Å². The van der Waals surface area contributed by atoms with Crippen molar-refractivity contribution in [1.82, 2.24) is 14.8 Å². The van der Waals surface area contributed by atoms with Gasteiger partial charge in [0.1, 0.15) is 29.3 Å². The maximum atomic E-state index is 13.9. The van der Waals surface area contributed by atoms with Crippen LogP contribution in [-0.4, -0.2) is 20.5 Å². The zero-order valence-corrected chi connectivity index (χ0v) is 14.9. The molecular weight excluding hydrogens is 366 g/mol. The Morgan fingerprint density at radius 1 is 1.21 bits per heavy atom. The molecule has 0 amide bonds. The first-order valence-corrected chi connectivity index (χ1v) is 8.95. The number of hydrogen-bond acceptors (Lipinski definition) is 5. The van der Waals surface area contributed by atoms with Crippen molar-refractivity contribution < 1.29 is 18.0 Å². The Labute approximate surface area is 158 Å². The first-order valence-electron chi connectivity index (χ1n) is 8.95. The van der Waals surface area contributed by atoms with E-state index in [1.54, 1.807) is 19.3 Å². The summed E-state index contributed by atoms with van der Waals surface area (Å²) < 4.78 is 34.8. The van der Waals surface area contributed by atoms with Gasteiger partial charge in [0.15, 0.2) is 5.78 Å². The van der Waals surface area contributed by atoms with Crippen LogP contribution in [0, 0.1) is 18.6 Å². The predicted molar refractivity (Wildman–Crippen MR) is 95.6 cm³/mol. The van der Waals surface area contributed by atoms with Gasteiger partial charge in [-0.3, -0.25) is 4.79 Å². The van der Waals surface area contributed by atoms with Crippen molar-refractivity contribution in [2.45, 2.75) is 31.7 Å². The molecule has 0 fully saturated rings. The summed E-state index contributed by atoms with van der Waals surface area (Å²) in [5, 5.41) is 7.55. The van der Waals surface area contributed by atoms with E-state index >= 15 is 0 Å². The van der Waals surface area contributed by atoms with Crippen molar-refractivity contribution in [2.75, 3.05) is 5.32 Å². The van der Waals surface area contributed by atoms with Crippen LogP contribution in [0.15, 0.2) is 52.3 Å². The second kappa shape index (κ2) is 6.12. The number of nitrogens with zero attached hydrogens (tertiary/aromatic N) is 3. The number of carbonyl (C=O) groups is 1. The number of allylic oxidation sites excluding steroid dienone is 2. The molecule has 2 atom stereocenters. The second-order valence-corrected chi connectivity index (χ2v) is 7.09. The zero-order valence-electron chi connectivity index (χ0n) is 14.9. The highest BCUT2D eigenvalue weighted by atomic mass is 19.1. The van der Waals surface area contributed by atoms with Crippen LogP contribution in [-0.2, 0) is 4.79 Å². The summed E-state index contributed by atoms with van der Waals surface area (Å²) in [6.45, 7) is 1.72. The normalized spacial score (nSPS) is 21.3. The lowest BCUT2D eigenvalue weighted by atomic mass is 9.79. The molecule has 1 N–H and O–H groups in total. The summed E-state index contributed by atoms with van der Waals surface area (Å²) in [5.41, 5.74) is 1.47. The van der Waals surface area contributed by atoms with E-state index in [-0.39, 0.29) is 18.1 Å². The van der Waals surface area contributed by atoms with Crippen LogP contribution in [0.1, 0.15) is 41.9 Å². The quantitative estimate of drug-likeness (QED) is 0.728. The van der Waals surface area contributed by atoms with Crippen LogP contribution in [0.2, 0.25) is 0 Å². The van der Waals surface area contributed by atoms with Crippen LogP contribution in [0.4, 0.5) is 14.7 Å². The molecule has 0 bridgehead atoms. The smallest absolute Gasteiger partial charge is 0.226 e. The maximum Gasteiger partial charge on any atom is 0.226 e. The Balaban J connectivity index is 1.66. The van der Waals surface area contributed by atoms with Gasteiger partial charge in [-0.05, 0) is 43.2 Å². The number of aromatic nitrogens is 3. The van der Waals surface area contributed by atoms with E-state index in [0.29, 0.717) is 35.0 Å². The van der Waals surface area contributed by atoms with Crippen molar-refractivity contribution in [3.8, 4) is 0 Å². The highest BCUT2D eigenvalue weighted by molar-refractivity contribution is 6.00. The van der Waals surface area contributed by atoms with Crippen molar-refractivity contribution in [3.05, 3.63) is 76.6 Å². The number of anilines is 1. The number of halogens is 2. The van der Waals surface area contributed by atoms with Crippen LogP contribution in [0.25, 0.3) is 0 Å². The summed E-state index contributed by atoms with van der Waals surface area (Å²) in [4.78, 5) is 17.5. The van der Waals surface area contributed by atoms with Gasteiger partial charge in [0.05, 0.1) is 6.26 Å². The van der Waals surface area contributed by atoms with Gasteiger partial charge in [-0.15, -0.1) is 0 Å². The second-order valence-electron chi connectivity index (χ2n) is 7.09. The van der Waals surface area contributed by atoms with Gasteiger partial charge in [-0.25, -0.2) is 13.5 Å². The molecule has 2 aromatic heterocycles. The summed E-state index contributed by atoms with van der Waals surface area (Å²) in [6, 6.07) is 6.17. The van der Waals surface area contributed by atoms with Gasteiger partial charge in [0.25, 0.3) is 0 Å². The minimum Gasteiger partial charge on any atom is -0.469 e.